The largest absolute Gasteiger partial charge is 0.300 e. The topological polar surface area (TPSA) is 17.1 Å². The summed E-state index contributed by atoms with van der Waals surface area (Å²) in [5.41, 5.74) is 1.72. The highest BCUT2D eigenvalue weighted by Gasteiger charge is 2.34. The van der Waals surface area contributed by atoms with E-state index in [1.165, 1.54) is 10.9 Å². The summed E-state index contributed by atoms with van der Waals surface area (Å²) in [6.07, 6.45) is 0.671. The van der Waals surface area contributed by atoms with Crippen molar-refractivity contribution >= 4 is 41.7 Å². The van der Waals surface area contributed by atoms with Crippen LogP contribution in [0.1, 0.15) is 24.6 Å². The monoisotopic (exact) mass is 362 g/mol. The lowest BCUT2D eigenvalue weighted by Gasteiger charge is -2.34. The van der Waals surface area contributed by atoms with Gasteiger partial charge in [-0.25, -0.2) is 0 Å². The molecule has 110 valence electrons. The van der Waals surface area contributed by atoms with E-state index in [2.05, 4.69) is 77.2 Å². The summed E-state index contributed by atoms with van der Waals surface area (Å²) in [5, 5.41) is 1.49. The van der Waals surface area contributed by atoms with E-state index in [0.29, 0.717) is 17.9 Å². The van der Waals surface area contributed by atoms with Crippen molar-refractivity contribution in [2.45, 2.75) is 19.0 Å². The van der Waals surface area contributed by atoms with Crippen LogP contribution in [0.2, 0.25) is 0 Å². The number of hydrogen-bond acceptors (Lipinski definition) is 1. The van der Waals surface area contributed by atoms with Gasteiger partial charge in [-0.3, -0.25) is 4.79 Å². The van der Waals surface area contributed by atoms with Crippen LogP contribution in [0, 0.1) is 0 Å². The Bertz CT molecular complexity index is 610. The van der Waals surface area contributed by atoms with Crippen LogP contribution in [0.4, 0.5) is 0 Å². The molecule has 1 unspecified atom stereocenters. The Kier molecular flexibility index (Phi) is 5.40. The van der Waals surface area contributed by atoms with Crippen LogP contribution >= 0.6 is 23.1 Å². The molecular formula is C17H21BBrOP. The van der Waals surface area contributed by atoms with Crippen molar-refractivity contribution in [1.82, 2.24) is 0 Å². The molecule has 0 amide bonds. The molecule has 1 nitrogen and oxygen atoms in total. The molecule has 0 spiro atoms. The van der Waals surface area contributed by atoms with Gasteiger partial charge in [-0.2, -0.15) is 0 Å². The molecule has 2 atom stereocenters. The lowest BCUT2D eigenvalue weighted by atomic mass is 10.1. The second-order valence-corrected chi connectivity index (χ2v) is 8.20. The van der Waals surface area contributed by atoms with Gasteiger partial charge in [0.15, 0.2) is 0 Å². The molecule has 0 fully saturated rings. The Morgan fingerprint density at radius 1 is 1.14 bits per heavy atom. The quantitative estimate of drug-likeness (QED) is 0.585. The molecule has 0 heterocycles. The van der Waals surface area contributed by atoms with E-state index in [1.807, 2.05) is 0 Å². The first kappa shape index (κ1) is 16.5. The van der Waals surface area contributed by atoms with E-state index in [1.54, 1.807) is 6.92 Å². The summed E-state index contributed by atoms with van der Waals surface area (Å²) >= 11 is 3.50. The Balaban J connectivity index is 2.44. The summed E-state index contributed by atoms with van der Waals surface area (Å²) in [7, 11) is -1.06. The van der Waals surface area contributed by atoms with Gasteiger partial charge >= 0.3 is 0 Å². The van der Waals surface area contributed by atoms with Gasteiger partial charge in [-0.1, -0.05) is 46.3 Å². The van der Waals surface area contributed by atoms with Crippen LogP contribution in [-0.2, 0) is 4.79 Å². The summed E-state index contributed by atoms with van der Waals surface area (Å²) in [6, 6.07) is 19.4. The number of hydrogen-bond donors (Lipinski definition) is 0. The summed E-state index contributed by atoms with van der Waals surface area (Å²) in [6.45, 7) is 4.16. The van der Waals surface area contributed by atoms with Gasteiger partial charge in [0.25, 0.3) is 0 Å². The average Bonchev–Trinajstić information content (AvgIpc) is 2.46. The molecule has 0 aromatic heterocycles. The predicted octanol–water partition coefficient (Wildman–Crippen LogP) is 3.72. The highest BCUT2D eigenvalue weighted by atomic mass is 79.9. The summed E-state index contributed by atoms with van der Waals surface area (Å²) in [4.78, 5) is 11.8. The number of carbonyl (C=O) groups excluding carboxylic acids is 1. The fraction of sp³-hybridized carbons (Fsp3) is 0.235. The fourth-order valence-electron chi connectivity index (χ4n) is 2.28. The van der Waals surface area contributed by atoms with Crippen LogP contribution in [0.5, 0.6) is 0 Å². The number of ketones is 1. The molecule has 4 heteroatoms. The molecular weight excluding hydrogens is 342 g/mol. The van der Waals surface area contributed by atoms with Crippen LogP contribution < -0.4 is 5.30 Å². The van der Waals surface area contributed by atoms with Gasteiger partial charge in [0.05, 0.1) is 5.66 Å². The third kappa shape index (κ3) is 4.05. The van der Waals surface area contributed by atoms with Crippen molar-refractivity contribution in [1.29, 1.82) is 0 Å². The van der Waals surface area contributed by atoms with E-state index in [4.69, 9.17) is 0 Å². The van der Waals surface area contributed by atoms with Crippen molar-refractivity contribution in [2.75, 3.05) is 6.66 Å². The average molecular weight is 363 g/mol. The summed E-state index contributed by atoms with van der Waals surface area (Å²) in [5.74, 6) is 0.296. The van der Waals surface area contributed by atoms with Crippen molar-refractivity contribution in [3.05, 3.63) is 64.6 Å². The lowest BCUT2D eigenvalue weighted by molar-refractivity contribution is -0.117. The molecule has 0 bridgehead atoms. The molecule has 0 saturated carbocycles. The second-order valence-electron chi connectivity index (χ2n) is 4.92. The molecule has 0 aliphatic heterocycles. The predicted molar refractivity (Wildman–Crippen MR) is 101 cm³/mol. The third-order valence-electron chi connectivity index (χ3n) is 3.37. The minimum atomic E-state index is -1.18. The lowest BCUT2D eigenvalue weighted by Crippen LogP contribution is -2.19. The maximum Gasteiger partial charge on any atom is 0.133 e. The van der Waals surface area contributed by atoms with Crippen LogP contribution in [0.3, 0.4) is 0 Å². The van der Waals surface area contributed by atoms with Gasteiger partial charge in [0.1, 0.15) is 13.3 Å². The smallest absolute Gasteiger partial charge is 0.133 e. The first-order valence-corrected chi connectivity index (χ1v) is 9.26. The van der Waals surface area contributed by atoms with E-state index >= 15 is 0 Å². The number of benzene rings is 2. The van der Waals surface area contributed by atoms with Crippen molar-refractivity contribution < 1.29 is 4.79 Å². The Morgan fingerprint density at radius 2 is 1.71 bits per heavy atom. The number of Topliss-reactive ketones (excluding diaryl/α,β-unsaturated/α-hetero) is 1. The van der Waals surface area contributed by atoms with E-state index in [9.17, 15) is 4.79 Å². The molecule has 0 aliphatic rings. The number of carbonyl (C=O) groups is 1. The molecule has 0 radical (unpaired) electrons. The van der Waals surface area contributed by atoms with Crippen molar-refractivity contribution in [3.63, 3.8) is 0 Å². The molecule has 2 aromatic rings. The van der Waals surface area contributed by atoms with E-state index in [-0.39, 0.29) is 7.57 Å². The van der Waals surface area contributed by atoms with Crippen molar-refractivity contribution in [2.24, 2.45) is 0 Å². The number of rotatable bonds is 5. The maximum atomic E-state index is 11.8. The molecule has 0 N–H and O–H groups in total. The minimum Gasteiger partial charge on any atom is -0.300 e. The van der Waals surface area contributed by atoms with E-state index in [0.717, 1.165) is 4.47 Å². The van der Waals surface area contributed by atoms with Crippen LogP contribution in [0.15, 0.2) is 59.1 Å². The zero-order valence-corrected chi connectivity index (χ0v) is 14.2. The van der Waals surface area contributed by atoms with Crippen molar-refractivity contribution in [3.8, 4) is 0 Å². The second kappa shape index (κ2) is 6.90. The number of halogens is 1. The molecule has 0 saturated heterocycles. The van der Waals surface area contributed by atoms with E-state index < -0.39 is 7.14 Å². The Morgan fingerprint density at radius 3 is 2.24 bits per heavy atom. The SMILES string of the molecule is [BH3-][P+](C)(c1ccccc1)[C@@H](CC(C)=O)c1ccc(Br)cc1. The molecule has 0 aliphatic carbocycles. The first-order valence-electron chi connectivity index (χ1n) is 6.60. The normalized spacial score (nSPS) is 15.2. The zero-order chi connectivity index (χ0) is 15.5. The van der Waals surface area contributed by atoms with Gasteiger partial charge in [0.2, 0.25) is 0 Å². The third-order valence-corrected chi connectivity index (χ3v) is 6.42. The highest BCUT2D eigenvalue weighted by molar-refractivity contribution is 9.10. The minimum absolute atomic E-state index is 0.123. The molecule has 2 rings (SSSR count). The van der Waals surface area contributed by atoms with Gasteiger partial charge in [-0.15, -0.1) is 7.14 Å². The Labute approximate surface area is 137 Å². The van der Waals surface area contributed by atoms with Gasteiger partial charge in [0, 0.05) is 22.9 Å². The van der Waals surface area contributed by atoms with Gasteiger partial charge in [-0.05, 0) is 36.8 Å². The first-order chi connectivity index (χ1) is 9.91. The Hall–Kier alpha value is -0.915. The highest BCUT2D eigenvalue weighted by Crippen LogP contribution is 2.63. The fourth-order valence-corrected chi connectivity index (χ4v) is 4.70. The van der Waals surface area contributed by atoms with Gasteiger partial charge < -0.3 is 0 Å². The summed E-state index contributed by atoms with van der Waals surface area (Å²) < 4.78 is 1.09. The van der Waals surface area contributed by atoms with Crippen LogP contribution in [-0.4, -0.2) is 20.0 Å². The zero-order valence-electron chi connectivity index (χ0n) is 11.7. The molecule has 2 aromatic carbocycles. The molecule has 21 heavy (non-hydrogen) atoms. The maximum absolute atomic E-state index is 11.8. The standard InChI is InChI=1S/C17H21BBrOP/c1-13(20)12-17(14-8-10-15(19)11-9-14)21(2,18)16-6-4-3-5-7-16/h3-11,17H,12H2,1-2,18H3/t17-,21?/m0/s1. The van der Waals surface area contributed by atoms with Crippen LogP contribution in [0.25, 0.3) is 0 Å².